The maximum Gasteiger partial charge on any atom is 0.253 e. The van der Waals surface area contributed by atoms with Crippen molar-refractivity contribution in [1.82, 2.24) is 4.90 Å². The molecule has 0 aliphatic rings. The Balaban J connectivity index is 2.10. The minimum atomic E-state index is 0.0179. The lowest BCUT2D eigenvalue weighted by Gasteiger charge is -2.17. The fraction of sp³-hybridized carbons (Fsp3) is 0.125. The summed E-state index contributed by atoms with van der Waals surface area (Å²) in [5, 5.41) is 0. The highest BCUT2D eigenvalue weighted by Crippen LogP contribution is 2.09. The van der Waals surface area contributed by atoms with Crippen LogP contribution in [0, 0.1) is 6.92 Å². The van der Waals surface area contributed by atoms with Gasteiger partial charge in [-0.2, -0.15) is 0 Å². The van der Waals surface area contributed by atoms with Crippen LogP contribution in [0.15, 0.2) is 54.6 Å². The van der Waals surface area contributed by atoms with Gasteiger partial charge in [0, 0.05) is 19.2 Å². The van der Waals surface area contributed by atoms with Gasteiger partial charge < -0.3 is 4.90 Å². The van der Waals surface area contributed by atoms with Gasteiger partial charge in [-0.25, -0.2) is 0 Å². The molecule has 0 spiro atoms. The highest BCUT2D eigenvalue weighted by molar-refractivity contribution is 5.94. The number of rotatable bonds is 3. The van der Waals surface area contributed by atoms with Crippen molar-refractivity contribution in [3.8, 4) is 0 Å². The summed E-state index contributed by atoms with van der Waals surface area (Å²) in [5.41, 5.74) is 2.66. The van der Waals surface area contributed by atoms with Crippen molar-refractivity contribution in [2.45, 2.75) is 6.54 Å². The molecule has 18 heavy (non-hydrogen) atoms. The van der Waals surface area contributed by atoms with Gasteiger partial charge in [-0.3, -0.25) is 4.79 Å². The van der Waals surface area contributed by atoms with Gasteiger partial charge in [0.25, 0.3) is 5.91 Å². The SMILES string of the molecule is [CH2]c1cccc(C(=O)N(C)Cc2ccccc2)c1. The summed E-state index contributed by atoms with van der Waals surface area (Å²) in [4.78, 5) is 13.9. The van der Waals surface area contributed by atoms with Gasteiger partial charge >= 0.3 is 0 Å². The van der Waals surface area contributed by atoms with Crippen LogP contribution in [0.1, 0.15) is 21.5 Å². The lowest BCUT2D eigenvalue weighted by Crippen LogP contribution is -2.26. The van der Waals surface area contributed by atoms with Crippen LogP contribution in [-0.4, -0.2) is 17.9 Å². The van der Waals surface area contributed by atoms with Gasteiger partial charge in [0.2, 0.25) is 0 Å². The van der Waals surface area contributed by atoms with E-state index in [2.05, 4.69) is 6.92 Å². The second kappa shape index (κ2) is 5.50. The van der Waals surface area contributed by atoms with Crippen LogP contribution in [0.25, 0.3) is 0 Å². The molecule has 0 aliphatic heterocycles. The van der Waals surface area contributed by atoms with Crippen LogP contribution in [0.3, 0.4) is 0 Å². The predicted molar refractivity (Wildman–Crippen MR) is 73.1 cm³/mol. The van der Waals surface area contributed by atoms with Gasteiger partial charge in [0.15, 0.2) is 0 Å². The Bertz CT molecular complexity index is 534. The molecule has 2 aromatic rings. The summed E-state index contributed by atoms with van der Waals surface area (Å²) in [7, 11) is 1.81. The van der Waals surface area contributed by atoms with Crippen LogP contribution < -0.4 is 0 Å². The normalized spacial score (nSPS) is 10.1. The van der Waals surface area contributed by atoms with Crippen molar-refractivity contribution in [3.05, 3.63) is 78.2 Å². The monoisotopic (exact) mass is 238 g/mol. The average Bonchev–Trinajstić information content (AvgIpc) is 2.39. The van der Waals surface area contributed by atoms with E-state index in [1.807, 2.05) is 61.6 Å². The van der Waals surface area contributed by atoms with Gasteiger partial charge in [0.1, 0.15) is 0 Å². The van der Waals surface area contributed by atoms with E-state index in [9.17, 15) is 4.79 Å². The Morgan fingerprint density at radius 1 is 1.11 bits per heavy atom. The molecule has 2 nitrogen and oxygen atoms in total. The molecule has 0 saturated heterocycles. The molecule has 1 radical (unpaired) electrons. The molecule has 0 atom stereocenters. The number of benzene rings is 2. The quantitative estimate of drug-likeness (QED) is 0.804. The molecule has 0 N–H and O–H groups in total. The van der Waals surface area contributed by atoms with E-state index in [0.29, 0.717) is 12.1 Å². The minimum absolute atomic E-state index is 0.0179. The second-order valence-electron chi connectivity index (χ2n) is 4.35. The largest absolute Gasteiger partial charge is 0.337 e. The Labute approximate surface area is 108 Å². The van der Waals surface area contributed by atoms with Crippen LogP contribution in [0.2, 0.25) is 0 Å². The van der Waals surface area contributed by atoms with Crippen LogP contribution in [0.4, 0.5) is 0 Å². The van der Waals surface area contributed by atoms with E-state index in [0.717, 1.165) is 11.1 Å². The van der Waals surface area contributed by atoms with Crippen molar-refractivity contribution in [1.29, 1.82) is 0 Å². The first-order valence-electron chi connectivity index (χ1n) is 5.88. The van der Waals surface area contributed by atoms with Crippen LogP contribution in [0.5, 0.6) is 0 Å². The lowest BCUT2D eigenvalue weighted by atomic mass is 10.1. The molecule has 1 amide bonds. The zero-order chi connectivity index (χ0) is 13.0. The smallest absolute Gasteiger partial charge is 0.253 e. The second-order valence-corrected chi connectivity index (χ2v) is 4.35. The summed E-state index contributed by atoms with van der Waals surface area (Å²) in [6, 6.07) is 17.3. The fourth-order valence-corrected chi connectivity index (χ4v) is 1.85. The molecule has 0 aromatic heterocycles. The van der Waals surface area contributed by atoms with Gasteiger partial charge in [0.05, 0.1) is 0 Å². The molecule has 0 bridgehead atoms. The van der Waals surface area contributed by atoms with Crippen molar-refractivity contribution < 1.29 is 4.79 Å². The molecule has 2 rings (SSSR count). The third-order valence-corrected chi connectivity index (χ3v) is 2.78. The molecule has 2 heteroatoms. The Morgan fingerprint density at radius 3 is 2.50 bits per heavy atom. The van der Waals surface area contributed by atoms with Crippen molar-refractivity contribution >= 4 is 5.91 Å². The fourth-order valence-electron chi connectivity index (χ4n) is 1.85. The topological polar surface area (TPSA) is 20.3 Å². The van der Waals surface area contributed by atoms with Gasteiger partial charge in [-0.1, -0.05) is 42.5 Å². The first-order valence-corrected chi connectivity index (χ1v) is 5.88. The average molecular weight is 238 g/mol. The minimum Gasteiger partial charge on any atom is -0.337 e. The Morgan fingerprint density at radius 2 is 1.83 bits per heavy atom. The molecule has 0 unspecified atom stereocenters. The van der Waals surface area contributed by atoms with E-state index < -0.39 is 0 Å². The maximum atomic E-state index is 12.2. The maximum absolute atomic E-state index is 12.2. The third kappa shape index (κ3) is 2.98. The molecule has 0 heterocycles. The summed E-state index contributed by atoms with van der Waals surface area (Å²) in [5.74, 6) is 0.0179. The predicted octanol–water partition coefficient (Wildman–Crippen LogP) is 3.14. The van der Waals surface area contributed by atoms with E-state index >= 15 is 0 Å². The van der Waals surface area contributed by atoms with Gasteiger partial charge in [-0.05, 0) is 30.2 Å². The number of hydrogen-bond donors (Lipinski definition) is 0. The molecule has 0 aliphatic carbocycles. The molecule has 0 saturated carbocycles. The van der Waals surface area contributed by atoms with Gasteiger partial charge in [-0.15, -0.1) is 0 Å². The van der Waals surface area contributed by atoms with Crippen LogP contribution in [-0.2, 0) is 6.54 Å². The molecular formula is C16H16NO. The first kappa shape index (κ1) is 12.4. The van der Waals surface area contributed by atoms with E-state index in [1.54, 1.807) is 4.90 Å². The highest BCUT2D eigenvalue weighted by Gasteiger charge is 2.11. The standard InChI is InChI=1S/C16H16NO/c1-13-7-6-10-15(11-13)16(18)17(2)12-14-8-4-3-5-9-14/h3-11H,1,12H2,2H3. The summed E-state index contributed by atoms with van der Waals surface area (Å²) in [6.45, 7) is 4.45. The number of amides is 1. The number of carbonyl (C=O) groups is 1. The third-order valence-electron chi connectivity index (χ3n) is 2.78. The first-order chi connectivity index (χ1) is 8.66. The van der Waals surface area contributed by atoms with Crippen LogP contribution >= 0.6 is 0 Å². The van der Waals surface area contributed by atoms with E-state index in [-0.39, 0.29) is 5.91 Å². The zero-order valence-electron chi connectivity index (χ0n) is 10.5. The lowest BCUT2D eigenvalue weighted by molar-refractivity contribution is 0.0785. The van der Waals surface area contributed by atoms with E-state index in [1.165, 1.54) is 0 Å². The summed E-state index contributed by atoms with van der Waals surface area (Å²) >= 11 is 0. The Hall–Kier alpha value is -2.09. The summed E-state index contributed by atoms with van der Waals surface area (Å²) < 4.78 is 0. The Kier molecular flexibility index (Phi) is 3.78. The molecule has 2 aromatic carbocycles. The van der Waals surface area contributed by atoms with Crippen molar-refractivity contribution in [2.75, 3.05) is 7.05 Å². The number of carbonyl (C=O) groups excluding carboxylic acids is 1. The number of nitrogens with zero attached hydrogens (tertiary/aromatic N) is 1. The zero-order valence-corrected chi connectivity index (χ0v) is 10.5. The highest BCUT2D eigenvalue weighted by atomic mass is 16.2. The molecular weight excluding hydrogens is 222 g/mol. The number of hydrogen-bond acceptors (Lipinski definition) is 1. The van der Waals surface area contributed by atoms with E-state index in [4.69, 9.17) is 0 Å². The molecule has 91 valence electrons. The molecule has 0 fully saturated rings. The van der Waals surface area contributed by atoms with Crippen molar-refractivity contribution in [3.63, 3.8) is 0 Å². The van der Waals surface area contributed by atoms with Crippen molar-refractivity contribution in [2.24, 2.45) is 0 Å². The summed E-state index contributed by atoms with van der Waals surface area (Å²) in [6.07, 6.45) is 0.